The van der Waals surface area contributed by atoms with Gasteiger partial charge in [0.25, 0.3) is 0 Å². The van der Waals surface area contributed by atoms with Crippen molar-refractivity contribution in [1.29, 1.82) is 0 Å². The first-order valence-electron chi connectivity index (χ1n) is 6.61. The number of halogens is 4. The number of rotatable bonds is 6. The molecule has 8 heteroatoms. The van der Waals surface area contributed by atoms with Gasteiger partial charge in [-0.1, -0.05) is 0 Å². The summed E-state index contributed by atoms with van der Waals surface area (Å²) >= 11 is 0. The average molecular weight is 323 g/mol. The number of carbonyl (C=O) groups excluding carboxylic acids is 2. The van der Waals surface area contributed by atoms with E-state index in [1.165, 1.54) is 11.8 Å². The number of carbonyl (C=O) groups is 2. The molecule has 1 rings (SSSR count). The van der Waals surface area contributed by atoms with E-state index < -0.39 is 47.2 Å². The van der Waals surface area contributed by atoms with E-state index in [0.29, 0.717) is 6.08 Å². The first kappa shape index (κ1) is 18.3. The summed E-state index contributed by atoms with van der Waals surface area (Å²) in [5.41, 5.74) is -0.973. The fourth-order valence-corrected chi connectivity index (χ4v) is 1.95. The molecule has 3 atom stereocenters. The molecule has 0 fully saturated rings. The highest BCUT2D eigenvalue weighted by molar-refractivity contribution is 6.10. The van der Waals surface area contributed by atoms with Crippen LogP contribution >= 0.6 is 0 Å². The third-order valence-corrected chi connectivity index (χ3v) is 3.00. The minimum atomic E-state index is -2.90. The Bertz CT molecular complexity index is 516. The van der Waals surface area contributed by atoms with Crippen molar-refractivity contribution in [2.45, 2.75) is 19.3 Å². The Morgan fingerprint density at radius 1 is 1.27 bits per heavy atom. The number of nitrogens with zero attached hydrogens (tertiary/aromatic N) is 1. The van der Waals surface area contributed by atoms with Crippen molar-refractivity contribution in [3.63, 3.8) is 0 Å². The van der Waals surface area contributed by atoms with E-state index in [4.69, 9.17) is 4.74 Å². The van der Waals surface area contributed by atoms with E-state index in [1.807, 2.05) is 0 Å². The molecule has 0 heterocycles. The highest BCUT2D eigenvalue weighted by Crippen LogP contribution is 2.32. The van der Waals surface area contributed by atoms with Crippen LogP contribution in [0.5, 0.6) is 0 Å². The lowest BCUT2D eigenvalue weighted by atomic mass is 9.91. The predicted molar refractivity (Wildman–Crippen MR) is 70.8 cm³/mol. The van der Waals surface area contributed by atoms with E-state index in [1.54, 1.807) is 14.1 Å². The van der Waals surface area contributed by atoms with Crippen LogP contribution in [0.2, 0.25) is 0 Å². The predicted octanol–water partition coefficient (Wildman–Crippen LogP) is 2.06. The summed E-state index contributed by atoms with van der Waals surface area (Å²) in [5.74, 6) is -6.85. The van der Waals surface area contributed by atoms with Gasteiger partial charge in [-0.2, -0.15) is 0 Å². The SMILES string of the molecule is CCOC(=O)C(CN(C)C)C(=O)C1=C(F)C(F)C(F)C(F)=C1. The second-order valence-electron chi connectivity index (χ2n) is 5.03. The van der Waals surface area contributed by atoms with Crippen molar-refractivity contribution in [3.05, 3.63) is 23.3 Å². The third kappa shape index (κ3) is 3.94. The van der Waals surface area contributed by atoms with Crippen molar-refractivity contribution >= 4 is 11.8 Å². The molecule has 0 spiro atoms. The number of ether oxygens (including phenoxy) is 1. The van der Waals surface area contributed by atoms with Crippen molar-refractivity contribution in [3.8, 4) is 0 Å². The first-order chi connectivity index (χ1) is 10.2. The molecule has 0 aromatic rings. The number of alkyl halides is 2. The fourth-order valence-electron chi connectivity index (χ4n) is 1.95. The van der Waals surface area contributed by atoms with Gasteiger partial charge in [-0.3, -0.25) is 9.59 Å². The van der Waals surface area contributed by atoms with Crippen LogP contribution in [-0.4, -0.2) is 56.2 Å². The van der Waals surface area contributed by atoms with Crippen LogP contribution in [0.3, 0.4) is 0 Å². The van der Waals surface area contributed by atoms with Gasteiger partial charge < -0.3 is 9.64 Å². The molecule has 0 amide bonds. The zero-order chi connectivity index (χ0) is 17.0. The van der Waals surface area contributed by atoms with E-state index in [-0.39, 0.29) is 13.2 Å². The maximum Gasteiger partial charge on any atom is 0.318 e. The molecular formula is C14H17F4NO3. The van der Waals surface area contributed by atoms with Gasteiger partial charge >= 0.3 is 5.97 Å². The van der Waals surface area contributed by atoms with Gasteiger partial charge in [0.1, 0.15) is 17.6 Å². The van der Waals surface area contributed by atoms with Crippen LogP contribution in [0.25, 0.3) is 0 Å². The van der Waals surface area contributed by atoms with E-state index >= 15 is 0 Å². The van der Waals surface area contributed by atoms with Crippen molar-refractivity contribution in [2.75, 3.05) is 27.2 Å². The lowest BCUT2D eigenvalue weighted by Gasteiger charge is -2.22. The smallest absolute Gasteiger partial charge is 0.318 e. The average Bonchev–Trinajstić information content (AvgIpc) is 2.45. The Labute approximate surface area is 125 Å². The Kier molecular flexibility index (Phi) is 6.28. The number of Topliss-reactive ketones (excluding diaryl/α,β-unsaturated/α-hetero) is 1. The van der Waals surface area contributed by atoms with Crippen molar-refractivity contribution in [1.82, 2.24) is 4.90 Å². The van der Waals surface area contributed by atoms with E-state index in [0.717, 1.165) is 0 Å². The Balaban J connectivity index is 3.15. The van der Waals surface area contributed by atoms with E-state index in [2.05, 4.69) is 0 Å². The fraction of sp³-hybridized carbons (Fsp3) is 0.571. The number of ketones is 1. The molecule has 3 unspecified atom stereocenters. The molecule has 0 aromatic heterocycles. The summed E-state index contributed by atoms with van der Waals surface area (Å²) < 4.78 is 58.1. The van der Waals surface area contributed by atoms with Crippen molar-refractivity contribution in [2.24, 2.45) is 5.92 Å². The monoisotopic (exact) mass is 323 g/mol. The molecule has 4 nitrogen and oxygen atoms in total. The second kappa shape index (κ2) is 7.53. The lowest BCUT2D eigenvalue weighted by Crippen LogP contribution is -2.37. The van der Waals surface area contributed by atoms with Gasteiger partial charge in [-0.15, -0.1) is 0 Å². The van der Waals surface area contributed by atoms with Crippen LogP contribution in [-0.2, 0) is 14.3 Å². The molecule has 1 aliphatic rings. The molecule has 1 aliphatic carbocycles. The quantitative estimate of drug-likeness (QED) is 0.426. The third-order valence-electron chi connectivity index (χ3n) is 3.00. The van der Waals surface area contributed by atoms with Crippen LogP contribution in [0, 0.1) is 5.92 Å². The summed E-state index contributed by atoms with van der Waals surface area (Å²) in [6.07, 6.45) is -5.39. The Hall–Kier alpha value is -1.70. The molecule has 0 radical (unpaired) electrons. The summed E-state index contributed by atoms with van der Waals surface area (Å²) in [4.78, 5) is 25.5. The number of hydrogen-bond acceptors (Lipinski definition) is 4. The summed E-state index contributed by atoms with van der Waals surface area (Å²) in [6.45, 7) is 1.36. The maximum absolute atomic E-state index is 13.7. The highest BCUT2D eigenvalue weighted by atomic mass is 19.2. The molecule has 22 heavy (non-hydrogen) atoms. The van der Waals surface area contributed by atoms with Gasteiger partial charge in [0.15, 0.2) is 18.1 Å². The Morgan fingerprint density at radius 2 is 1.86 bits per heavy atom. The standard InChI is InChI=1S/C14H17F4NO3/c1-4-22-14(21)8(6-19(2)3)13(20)7-5-9(15)11(17)12(18)10(7)16/h5,8,11-12H,4,6H2,1-3H3. The summed E-state index contributed by atoms with van der Waals surface area (Å²) in [7, 11) is 3.11. The maximum atomic E-state index is 13.7. The first-order valence-corrected chi connectivity index (χ1v) is 6.61. The van der Waals surface area contributed by atoms with Crippen LogP contribution in [0.4, 0.5) is 17.6 Å². The molecule has 0 aromatic carbocycles. The number of allylic oxidation sites excluding steroid dienone is 4. The zero-order valence-electron chi connectivity index (χ0n) is 12.4. The molecule has 0 bridgehead atoms. The van der Waals surface area contributed by atoms with Crippen LogP contribution in [0.15, 0.2) is 23.3 Å². The molecule has 0 saturated heterocycles. The topological polar surface area (TPSA) is 46.6 Å². The second-order valence-corrected chi connectivity index (χ2v) is 5.03. The molecule has 0 N–H and O–H groups in total. The van der Waals surface area contributed by atoms with Gasteiger partial charge in [-0.05, 0) is 27.1 Å². The molecular weight excluding hydrogens is 306 g/mol. The molecule has 0 aliphatic heterocycles. The van der Waals surface area contributed by atoms with Gasteiger partial charge in [-0.25, -0.2) is 17.6 Å². The van der Waals surface area contributed by atoms with E-state index in [9.17, 15) is 27.2 Å². The molecule has 124 valence electrons. The largest absolute Gasteiger partial charge is 0.465 e. The number of esters is 1. The summed E-state index contributed by atoms with van der Waals surface area (Å²) in [6, 6.07) is 0. The van der Waals surface area contributed by atoms with Crippen LogP contribution < -0.4 is 0 Å². The van der Waals surface area contributed by atoms with Gasteiger partial charge in [0.05, 0.1) is 12.2 Å². The van der Waals surface area contributed by atoms with Gasteiger partial charge in [0, 0.05) is 6.54 Å². The summed E-state index contributed by atoms with van der Waals surface area (Å²) in [5, 5.41) is 0. The van der Waals surface area contributed by atoms with Crippen molar-refractivity contribution < 1.29 is 31.9 Å². The minimum Gasteiger partial charge on any atom is -0.465 e. The Morgan fingerprint density at radius 3 is 2.36 bits per heavy atom. The minimum absolute atomic E-state index is 0.0138. The normalized spacial score (nSPS) is 23.4. The number of hydrogen-bond donors (Lipinski definition) is 0. The zero-order valence-corrected chi connectivity index (χ0v) is 12.4. The molecule has 0 saturated carbocycles. The van der Waals surface area contributed by atoms with Gasteiger partial charge in [0.2, 0.25) is 0 Å². The highest BCUT2D eigenvalue weighted by Gasteiger charge is 2.40. The van der Waals surface area contributed by atoms with Crippen LogP contribution in [0.1, 0.15) is 6.92 Å². The lowest BCUT2D eigenvalue weighted by molar-refractivity contribution is -0.151.